The van der Waals surface area contributed by atoms with Gasteiger partial charge in [0.1, 0.15) is 0 Å². The molecular formula is C7H10N4O2S. The molecule has 3 N–H and O–H groups in total. The molecule has 0 radical (unpaired) electrons. The van der Waals surface area contributed by atoms with Crippen molar-refractivity contribution < 1.29 is 9.90 Å². The Morgan fingerprint density at radius 2 is 2.36 bits per heavy atom. The number of nitrogens with two attached hydrogens (primary N) is 1. The second kappa shape index (κ2) is 3.49. The number of aliphatic carboxylic acids is 1. The van der Waals surface area contributed by atoms with Gasteiger partial charge in [0.2, 0.25) is 5.16 Å². The topological polar surface area (TPSA) is 94.0 Å². The summed E-state index contributed by atoms with van der Waals surface area (Å²) in [4.78, 5) is 10.3. The van der Waals surface area contributed by atoms with Crippen molar-refractivity contribution >= 4 is 17.7 Å². The summed E-state index contributed by atoms with van der Waals surface area (Å²) >= 11 is 1.09. The van der Waals surface area contributed by atoms with Crippen molar-refractivity contribution in [3.05, 3.63) is 5.82 Å². The highest BCUT2D eigenvalue weighted by Gasteiger charge is 2.29. The van der Waals surface area contributed by atoms with Gasteiger partial charge in [0, 0.05) is 5.92 Å². The first-order chi connectivity index (χ1) is 6.68. The number of carboxylic acid groups (broad SMARTS) is 1. The fraction of sp³-hybridized carbons (Fsp3) is 0.571. The maximum Gasteiger partial charge on any atom is 0.313 e. The molecule has 2 rings (SSSR count). The standard InChI is InChI=1S/C7H10N4O2S/c8-11-6(4-1-2-4)9-10-7(11)14-3-5(12)13/h4H,1-3,8H2,(H,12,13). The minimum atomic E-state index is -0.883. The van der Waals surface area contributed by atoms with Gasteiger partial charge in [-0.05, 0) is 12.8 Å². The first-order valence-corrected chi connectivity index (χ1v) is 5.22. The lowest BCUT2D eigenvalue weighted by atomic mass is 10.4. The average Bonchev–Trinajstić information content (AvgIpc) is 2.89. The van der Waals surface area contributed by atoms with Crippen molar-refractivity contribution in [1.29, 1.82) is 0 Å². The molecule has 7 heteroatoms. The van der Waals surface area contributed by atoms with Crippen LogP contribution in [0.4, 0.5) is 0 Å². The van der Waals surface area contributed by atoms with Gasteiger partial charge in [0.15, 0.2) is 5.82 Å². The van der Waals surface area contributed by atoms with Gasteiger partial charge in [-0.15, -0.1) is 10.2 Å². The Kier molecular flexibility index (Phi) is 2.32. The van der Waals surface area contributed by atoms with Gasteiger partial charge in [-0.2, -0.15) is 0 Å². The number of aromatic nitrogens is 3. The molecule has 0 bridgehead atoms. The van der Waals surface area contributed by atoms with Crippen LogP contribution in [0.3, 0.4) is 0 Å². The first kappa shape index (κ1) is 9.32. The molecule has 0 aromatic carbocycles. The van der Waals surface area contributed by atoms with Crippen molar-refractivity contribution in [2.75, 3.05) is 11.6 Å². The summed E-state index contributed by atoms with van der Waals surface area (Å²) in [6.07, 6.45) is 2.19. The normalized spacial score (nSPS) is 15.7. The molecule has 1 aromatic rings. The predicted octanol–water partition coefficient (Wildman–Crippen LogP) is 0.0460. The van der Waals surface area contributed by atoms with Gasteiger partial charge in [-0.3, -0.25) is 4.79 Å². The Morgan fingerprint density at radius 1 is 1.64 bits per heavy atom. The molecule has 0 amide bonds. The summed E-state index contributed by atoms with van der Waals surface area (Å²) in [5.74, 6) is 5.97. The first-order valence-electron chi connectivity index (χ1n) is 4.23. The lowest BCUT2D eigenvalue weighted by molar-refractivity contribution is -0.133. The van der Waals surface area contributed by atoms with Crippen molar-refractivity contribution in [1.82, 2.24) is 14.9 Å². The van der Waals surface area contributed by atoms with Gasteiger partial charge in [0.05, 0.1) is 5.75 Å². The van der Waals surface area contributed by atoms with Crippen LogP contribution in [0.15, 0.2) is 5.16 Å². The van der Waals surface area contributed by atoms with Gasteiger partial charge in [-0.25, -0.2) is 4.68 Å². The number of carbonyl (C=O) groups is 1. The van der Waals surface area contributed by atoms with Crippen molar-refractivity contribution in [3.8, 4) is 0 Å². The van der Waals surface area contributed by atoms with E-state index in [0.717, 1.165) is 30.4 Å². The average molecular weight is 214 g/mol. The zero-order valence-electron chi connectivity index (χ0n) is 7.38. The predicted molar refractivity (Wildman–Crippen MR) is 50.5 cm³/mol. The highest BCUT2D eigenvalue weighted by Crippen LogP contribution is 2.39. The van der Waals surface area contributed by atoms with Crippen LogP contribution < -0.4 is 5.84 Å². The van der Waals surface area contributed by atoms with E-state index in [1.165, 1.54) is 4.68 Å². The van der Waals surface area contributed by atoms with Crippen LogP contribution in [-0.4, -0.2) is 31.7 Å². The summed E-state index contributed by atoms with van der Waals surface area (Å²) in [5, 5.41) is 16.7. The van der Waals surface area contributed by atoms with Gasteiger partial charge in [-0.1, -0.05) is 11.8 Å². The molecule has 0 unspecified atom stereocenters. The molecule has 0 saturated heterocycles. The fourth-order valence-electron chi connectivity index (χ4n) is 1.13. The van der Waals surface area contributed by atoms with Gasteiger partial charge < -0.3 is 10.9 Å². The second-order valence-corrected chi connectivity index (χ2v) is 4.11. The SMILES string of the molecule is Nn1c(SCC(=O)O)nnc1C1CC1. The van der Waals surface area contributed by atoms with E-state index >= 15 is 0 Å². The summed E-state index contributed by atoms with van der Waals surface area (Å²) in [6, 6.07) is 0. The zero-order valence-corrected chi connectivity index (χ0v) is 8.20. The molecule has 1 saturated carbocycles. The van der Waals surface area contributed by atoms with E-state index in [-0.39, 0.29) is 5.75 Å². The van der Waals surface area contributed by atoms with E-state index in [1.807, 2.05) is 0 Å². The molecule has 1 aliphatic rings. The number of thioether (sulfide) groups is 1. The molecule has 1 aromatic heterocycles. The van der Waals surface area contributed by atoms with Crippen molar-refractivity contribution in [2.24, 2.45) is 0 Å². The van der Waals surface area contributed by atoms with E-state index < -0.39 is 5.97 Å². The molecule has 6 nitrogen and oxygen atoms in total. The van der Waals surface area contributed by atoms with Crippen LogP contribution in [0, 0.1) is 0 Å². The Hall–Kier alpha value is -1.24. The van der Waals surface area contributed by atoms with Crippen molar-refractivity contribution in [2.45, 2.75) is 23.9 Å². The number of nitrogen functional groups attached to an aromatic ring is 1. The van der Waals surface area contributed by atoms with E-state index in [4.69, 9.17) is 10.9 Å². The summed E-state index contributed by atoms with van der Waals surface area (Å²) < 4.78 is 1.39. The minimum absolute atomic E-state index is 0.0417. The van der Waals surface area contributed by atoms with Gasteiger partial charge >= 0.3 is 5.97 Å². The maximum atomic E-state index is 10.3. The van der Waals surface area contributed by atoms with Crippen LogP contribution in [0.5, 0.6) is 0 Å². The fourth-order valence-corrected chi connectivity index (χ4v) is 1.72. The monoisotopic (exact) mass is 214 g/mol. The maximum absolute atomic E-state index is 10.3. The molecule has 14 heavy (non-hydrogen) atoms. The number of nitrogens with zero attached hydrogens (tertiary/aromatic N) is 3. The lowest BCUT2D eigenvalue weighted by Gasteiger charge is -2.00. The Bertz CT molecular complexity index is 361. The van der Waals surface area contributed by atoms with Crippen LogP contribution in [0.2, 0.25) is 0 Å². The molecule has 1 heterocycles. The van der Waals surface area contributed by atoms with Crippen LogP contribution in [0.1, 0.15) is 24.6 Å². The summed E-state index contributed by atoms with van der Waals surface area (Å²) in [6.45, 7) is 0. The largest absolute Gasteiger partial charge is 0.481 e. The third kappa shape index (κ3) is 1.82. The number of carboxylic acids is 1. The number of hydrogen-bond donors (Lipinski definition) is 2. The number of rotatable bonds is 4. The van der Waals surface area contributed by atoms with Crippen LogP contribution in [0.25, 0.3) is 0 Å². The smallest absolute Gasteiger partial charge is 0.313 e. The van der Waals surface area contributed by atoms with E-state index in [2.05, 4.69) is 10.2 Å². The minimum Gasteiger partial charge on any atom is -0.481 e. The molecule has 0 atom stereocenters. The summed E-state index contributed by atoms with van der Waals surface area (Å²) in [5.41, 5.74) is 0. The highest BCUT2D eigenvalue weighted by atomic mass is 32.2. The molecule has 0 aliphatic heterocycles. The molecule has 0 spiro atoms. The van der Waals surface area contributed by atoms with Crippen molar-refractivity contribution in [3.63, 3.8) is 0 Å². The highest BCUT2D eigenvalue weighted by molar-refractivity contribution is 7.99. The van der Waals surface area contributed by atoms with E-state index in [9.17, 15) is 4.79 Å². The third-order valence-corrected chi connectivity index (χ3v) is 2.89. The zero-order chi connectivity index (χ0) is 10.1. The number of hydrogen-bond acceptors (Lipinski definition) is 5. The van der Waals surface area contributed by atoms with Crippen LogP contribution >= 0.6 is 11.8 Å². The third-order valence-electron chi connectivity index (χ3n) is 1.96. The Balaban J connectivity index is 2.06. The summed E-state index contributed by atoms with van der Waals surface area (Å²) in [7, 11) is 0. The van der Waals surface area contributed by atoms with E-state index in [0.29, 0.717) is 11.1 Å². The second-order valence-electron chi connectivity index (χ2n) is 3.17. The molecule has 1 aliphatic carbocycles. The molecule has 76 valence electrons. The molecular weight excluding hydrogens is 204 g/mol. The quantitative estimate of drug-likeness (QED) is 0.543. The van der Waals surface area contributed by atoms with E-state index in [1.54, 1.807) is 0 Å². The van der Waals surface area contributed by atoms with Gasteiger partial charge in [0.25, 0.3) is 0 Å². The lowest BCUT2D eigenvalue weighted by Crippen LogP contribution is -2.14. The van der Waals surface area contributed by atoms with Crippen LogP contribution in [-0.2, 0) is 4.79 Å². The Morgan fingerprint density at radius 3 is 2.93 bits per heavy atom. The molecule has 1 fully saturated rings. The Labute approximate surface area is 84.5 Å².